The Bertz CT molecular complexity index is 1010. The maximum absolute atomic E-state index is 12.1. The van der Waals surface area contributed by atoms with Gasteiger partial charge in [0.25, 0.3) is 0 Å². The minimum Gasteiger partial charge on any atom is -0.463 e. The van der Waals surface area contributed by atoms with Crippen molar-refractivity contribution in [2.75, 3.05) is 26.4 Å². The molecule has 0 rings (SSSR count). The minimum atomic E-state index is -4.42. The SMILES string of the molecule is CCCCCCCC/C=C/CCCCCCCCCCCCCC(=O)NCCOP(=O)(O)OCC(O)COC(=O)CCCCCCC/C=C\CCCCCCCCC. The molecule has 0 aliphatic carbocycles. The van der Waals surface area contributed by atoms with E-state index < -0.39 is 26.5 Å². The molecular formula is C48H92NO8P. The summed E-state index contributed by atoms with van der Waals surface area (Å²) in [5, 5.41) is 12.7. The second-order valence-corrected chi connectivity index (χ2v) is 17.9. The molecule has 0 aliphatic rings. The van der Waals surface area contributed by atoms with Crippen molar-refractivity contribution in [2.45, 2.75) is 245 Å². The van der Waals surface area contributed by atoms with Crippen molar-refractivity contribution in [3.8, 4) is 0 Å². The highest BCUT2D eigenvalue weighted by molar-refractivity contribution is 7.47. The summed E-state index contributed by atoms with van der Waals surface area (Å²) in [5.41, 5.74) is 0. The van der Waals surface area contributed by atoms with E-state index in [2.05, 4.69) is 43.5 Å². The van der Waals surface area contributed by atoms with Crippen LogP contribution in [0.3, 0.4) is 0 Å². The molecule has 0 fully saturated rings. The van der Waals surface area contributed by atoms with Crippen LogP contribution in [0, 0.1) is 0 Å². The molecule has 0 aliphatic heterocycles. The van der Waals surface area contributed by atoms with Gasteiger partial charge in [0.05, 0.1) is 13.2 Å². The van der Waals surface area contributed by atoms with Crippen LogP contribution in [-0.4, -0.2) is 54.3 Å². The third-order valence-electron chi connectivity index (χ3n) is 10.6. The maximum atomic E-state index is 12.1. The fourth-order valence-electron chi connectivity index (χ4n) is 6.90. The van der Waals surface area contributed by atoms with Gasteiger partial charge in [-0.3, -0.25) is 18.6 Å². The van der Waals surface area contributed by atoms with Gasteiger partial charge < -0.3 is 20.1 Å². The summed E-state index contributed by atoms with van der Waals surface area (Å²) in [6, 6.07) is 0. The maximum Gasteiger partial charge on any atom is 0.472 e. The monoisotopic (exact) mass is 842 g/mol. The molecule has 0 bridgehead atoms. The zero-order valence-corrected chi connectivity index (χ0v) is 38.6. The largest absolute Gasteiger partial charge is 0.472 e. The lowest BCUT2D eigenvalue weighted by Gasteiger charge is -2.15. The smallest absolute Gasteiger partial charge is 0.463 e. The van der Waals surface area contributed by atoms with Gasteiger partial charge in [0.2, 0.25) is 5.91 Å². The molecule has 2 atom stereocenters. The van der Waals surface area contributed by atoms with Crippen LogP contribution in [0.4, 0.5) is 0 Å². The van der Waals surface area contributed by atoms with Crippen molar-refractivity contribution in [1.29, 1.82) is 0 Å². The van der Waals surface area contributed by atoms with Gasteiger partial charge in [-0.05, 0) is 64.2 Å². The zero-order chi connectivity index (χ0) is 42.5. The van der Waals surface area contributed by atoms with Crippen LogP contribution in [0.2, 0.25) is 0 Å². The third kappa shape index (κ3) is 45.6. The Balaban J connectivity index is 3.55. The van der Waals surface area contributed by atoms with Crippen LogP contribution in [0.25, 0.3) is 0 Å². The number of ether oxygens (including phenoxy) is 1. The minimum absolute atomic E-state index is 0.0826. The summed E-state index contributed by atoms with van der Waals surface area (Å²) in [6.07, 6.45) is 49.7. The summed E-state index contributed by atoms with van der Waals surface area (Å²) < 4.78 is 26.9. The van der Waals surface area contributed by atoms with Gasteiger partial charge in [-0.15, -0.1) is 0 Å². The van der Waals surface area contributed by atoms with E-state index in [9.17, 15) is 24.2 Å². The Labute approximate surface area is 357 Å². The first-order valence-electron chi connectivity index (χ1n) is 24.3. The Hall–Kier alpha value is -1.51. The lowest BCUT2D eigenvalue weighted by Crippen LogP contribution is -2.27. The normalized spacial score (nSPS) is 13.4. The second-order valence-electron chi connectivity index (χ2n) is 16.4. The van der Waals surface area contributed by atoms with E-state index in [0.717, 1.165) is 57.8 Å². The Morgan fingerprint density at radius 1 is 0.517 bits per heavy atom. The van der Waals surface area contributed by atoms with E-state index in [1.54, 1.807) is 0 Å². The number of allylic oxidation sites excluding steroid dienone is 4. The number of carbonyl (C=O) groups excluding carboxylic acids is 2. The predicted octanol–water partition coefficient (Wildman–Crippen LogP) is 13.9. The van der Waals surface area contributed by atoms with Gasteiger partial charge in [0, 0.05) is 19.4 Å². The predicted molar refractivity (Wildman–Crippen MR) is 243 cm³/mol. The van der Waals surface area contributed by atoms with Crippen LogP contribution in [0.15, 0.2) is 24.3 Å². The third-order valence-corrected chi connectivity index (χ3v) is 11.6. The van der Waals surface area contributed by atoms with E-state index in [4.69, 9.17) is 13.8 Å². The number of hydrogen-bond donors (Lipinski definition) is 3. The van der Waals surface area contributed by atoms with Crippen molar-refractivity contribution >= 4 is 19.7 Å². The van der Waals surface area contributed by atoms with Crippen LogP contribution >= 0.6 is 7.82 Å². The zero-order valence-electron chi connectivity index (χ0n) is 37.8. The van der Waals surface area contributed by atoms with Crippen molar-refractivity contribution in [2.24, 2.45) is 0 Å². The molecular weight excluding hydrogens is 750 g/mol. The summed E-state index contributed by atoms with van der Waals surface area (Å²) in [7, 11) is -4.42. The summed E-state index contributed by atoms with van der Waals surface area (Å²) in [4.78, 5) is 34.0. The number of phosphoric acid groups is 1. The number of amides is 1. The molecule has 3 N–H and O–H groups in total. The van der Waals surface area contributed by atoms with Crippen LogP contribution in [0.1, 0.15) is 239 Å². The summed E-state index contributed by atoms with van der Waals surface area (Å²) in [6.45, 7) is 3.57. The fourth-order valence-corrected chi connectivity index (χ4v) is 7.66. The number of nitrogens with one attached hydrogen (secondary N) is 1. The summed E-state index contributed by atoms with van der Waals surface area (Å²) >= 11 is 0. The number of aliphatic hydroxyl groups excluding tert-OH is 1. The van der Waals surface area contributed by atoms with Gasteiger partial charge >= 0.3 is 13.8 Å². The number of phosphoric ester groups is 1. The quantitative estimate of drug-likeness (QED) is 0.0239. The molecule has 0 aromatic carbocycles. The van der Waals surface area contributed by atoms with E-state index in [0.29, 0.717) is 6.42 Å². The van der Waals surface area contributed by atoms with Gasteiger partial charge in [0.15, 0.2) is 0 Å². The molecule has 1 amide bonds. The lowest BCUT2D eigenvalue weighted by molar-refractivity contribution is -0.147. The first-order valence-corrected chi connectivity index (χ1v) is 25.8. The Morgan fingerprint density at radius 2 is 0.879 bits per heavy atom. The van der Waals surface area contributed by atoms with Crippen LogP contribution in [-0.2, 0) is 27.9 Å². The second kappa shape index (κ2) is 45.0. The average Bonchev–Trinajstić information content (AvgIpc) is 3.21. The molecule has 0 saturated heterocycles. The number of hydrogen-bond acceptors (Lipinski definition) is 7. The summed E-state index contributed by atoms with van der Waals surface area (Å²) in [5.74, 6) is -0.518. The number of carbonyl (C=O) groups is 2. The van der Waals surface area contributed by atoms with Gasteiger partial charge in [-0.1, -0.05) is 186 Å². The highest BCUT2D eigenvalue weighted by atomic mass is 31.2. The molecule has 10 heteroatoms. The van der Waals surface area contributed by atoms with Crippen LogP contribution in [0.5, 0.6) is 0 Å². The molecule has 2 unspecified atom stereocenters. The average molecular weight is 842 g/mol. The van der Waals surface area contributed by atoms with Gasteiger partial charge in [-0.25, -0.2) is 4.57 Å². The van der Waals surface area contributed by atoms with Gasteiger partial charge in [-0.2, -0.15) is 0 Å². The molecule has 0 heterocycles. The highest BCUT2D eigenvalue weighted by Crippen LogP contribution is 2.42. The van der Waals surface area contributed by atoms with Crippen molar-refractivity contribution in [3.63, 3.8) is 0 Å². The Kier molecular flexibility index (Phi) is 43.9. The molecule has 9 nitrogen and oxygen atoms in total. The highest BCUT2D eigenvalue weighted by Gasteiger charge is 2.23. The molecule has 342 valence electrons. The van der Waals surface area contributed by atoms with E-state index >= 15 is 0 Å². The van der Waals surface area contributed by atoms with E-state index in [-0.39, 0.29) is 32.1 Å². The van der Waals surface area contributed by atoms with Gasteiger partial charge in [0.1, 0.15) is 12.7 Å². The number of unbranched alkanes of at least 4 members (excludes halogenated alkanes) is 29. The van der Waals surface area contributed by atoms with E-state index in [1.807, 2.05) is 0 Å². The molecule has 58 heavy (non-hydrogen) atoms. The molecule has 0 aromatic rings. The van der Waals surface area contributed by atoms with Crippen molar-refractivity contribution in [3.05, 3.63) is 24.3 Å². The number of esters is 1. The lowest BCUT2D eigenvalue weighted by atomic mass is 10.0. The first-order chi connectivity index (χ1) is 28.3. The fraction of sp³-hybridized carbons (Fsp3) is 0.875. The topological polar surface area (TPSA) is 131 Å². The van der Waals surface area contributed by atoms with Crippen LogP contribution < -0.4 is 5.32 Å². The number of rotatable bonds is 46. The molecule has 0 saturated carbocycles. The molecule has 0 spiro atoms. The number of aliphatic hydroxyl groups is 1. The van der Waals surface area contributed by atoms with E-state index in [1.165, 1.54) is 154 Å². The standard InChI is InChI=1S/C48H92NO8P/c1-3-5-7-9-11-13-15-17-19-21-22-23-24-25-26-28-30-32-34-36-38-40-47(51)49-42-43-56-58(53,54)57-45-46(50)44-55-48(52)41-39-37-35-33-31-29-27-20-18-16-14-12-10-8-6-4-2/h17,19-20,27,46,50H,3-16,18,21-26,28-45H2,1-2H3,(H,49,51)(H,53,54)/b19-17+,27-20-. The molecule has 0 radical (unpaired) electrons. The molecule has 0 aromatic heterocycles. The van der Waals surface area contributed by atoms with Crippen molar-refractivity contribution in [1.82, 2.24) is 5.32 Å². The first kappa shape index (κ1) is 56.5. The Morgan fingerprint density at radius 3 is 1.29 bits per heavy atom. The van der Waals surface area contributed by atoms with Crippen molar-refractivity contribution < 1.29 is 37.9 Å².